The predicted octanol–water partition coefficient (Wildman–Crippen LogP) is 3.23. The van der Waals surface area contributed by atoms with Crippen molar-refractivity contribution in [2.45, 2.75) is 96.5 Å². The van der Waals surface area contributed by atoms with Gasteiger partial charge in [0, 0.05) is 25.7 Å². The van der Waals surface area contributed by atoms with Gasteiger partial charge in [0.05, 0.1) is 19.2 Å². The smallest absolute Gasteiger partial charge is 0.407 e. The predicted molar refractivity (Wildman–Crippen MR) is 123 cm³/mol. The molecule has 3 fully saturated rings. The fourth-order valence-corrected chi connectivity index (χ4v) is 4.73. The number of carbonyl (C=O) groups is 2. The molecule has 0 radical (unpaired) electrons. The van der Waals surface area contributed by atoms with Crippen LogP contribution in [-0.2, 0) is 16.1 Å². The number of hydroxylamine groups is 2. The number of amides is 3. The Balaban J connectivity index is 1.25. The maximum Gasteiger partial charge on any atom is 0.407 e. The van der Waals surface area contributed by atoms with E-state index in [1.165, 1.54) is 0 Å². The number of nitrogens with one attached hydrogen (secondary N) is 1. The standard InChI is InChI=1S/C23H38N6O5/c1-5-6-13-32-29-17-7-8-18(28(14-17)22(29)31)20-26-25-19(33-20)15-27-11-9-16(10-12-27)24-21(30)34-23(2,3)4/h16-18H,5-15H2,1-4H3,(H,24,30)/t17-,18-/m0/s1. The van der Waals surface area contributed by atoms with Gasteiger partial charge in [-0.2, -0.15) is 5.06 Å². The van der Waals surface area contributed by atoms with Crippen LogP contribution in [0.5, 0.6) is 0 Å². The molecule has 190 valence electrons. The van der Waals surface area contributed by atoms with Crippen molar-refractivity contribution in [3.8, 4) is 0 Å². The van der Waals surface area contributed by atoms with Crippen molar-refractivity contribution < 1.29 is 23.6 Å². The molecular formula is C23H38N6O5. The second-order valence-electron chi connectivity index (χ2n) is 10.4. The SMILES string of the molecule is CCCCON1C(=O)N2C[C@@H]1CC[C@H]2c1nnc(CN2CCC(NC(=O)OC(C)(C)C)CC2)o1. The van der Waals surface area contributed by atoms with Gasteiger partial charge in [-0.1, -0.05) is 13.3 Å². The third-order valence-electron chi connectivity index (χ3n) is 6.49. The molecule has 1 aromatic rings. The Labute approximate surface area is 201 Å². The maximum atomic E-state index is 12.9. The molecule has 3 saturated heterocycles. The molecule has 0 spiro atoms. The molecule has 0 aliphatic carbocycles. The molecule has 2 atom stereocenters. The minimum Gasteiger partial charge on any atom is -0.444 e. The van der Waals surface area contributed by atoms with Gasteiger partial charge in [-0.3, -0.25) is 9.74 Å². The Morgan fingerprint density at radius 2 is 1.94 bits per heavy atom. The van der Waals surface area contributed by atoms with Gasteiger partial charge in [0.1, 0.15) is 11.6 Å². The van der Waals surface area contributed by atoms with E-state index in [9.17, 15) is 9.59 Å². The highest BCUT2D eigenvalue weighted by Crippen LogP contribution is 2.38. The Morgan fingerprint density at radius 3 is 2.65 bits per heavy atom. The summed E-state index contributed by atoms with van der Waals surface area (Å²) in [7, 11) is 0. The first-order chi connectivity index (χ1) is 16.2. The summed E-state index contributed by atoms with van der Waals surface area (Å²) in [6, 6.07) is -0.113. The number of hydrogen-bond acceptors (Lipinski definition) is 8. The van der Waals surface area contributed by atoms with Crippen molar-refractivity contribution in [3.63, 3.8) is 0 Å². The summed E-state index contributed by atoms with van der Waals surface area (Å²) in [5.41, 5.74) is -0.500. The van der Waals surface area contributed by atoms with E-state index >= 15 is 0 Å². The summed E-state index contributed by atoms with van der Waals surface area (Å²) in [6.45, 7) is 11.1. The van der Waals surface area contributed by atoms with Gasteiger partial charge in [0.15, 0.2) is 0 Å². The van der Waals surface area contributed by atoms with Crippen LogP contribution in [0.3, 0.4) is 0 Å². The topological polar surface area (TPSA) is 113 Å². The average Bonchev–Trinajstić information content (AvgIpc) is 3.33. The van der Waals surface area contributed by atoms with Crippen LogP contribution in [-0.4, -0.2) is 81.1 Å². The molecule has 0 saturated carbocycles. The normalized spacial score (nSPS) is 24.1. The maximum absolute atomic E-state index is 12.9. The van der Waals surface area contributed by atoms with Gasteiger partial charge in [-0.05, 0) is 52.9 Å². The number of piperidine rings is 2. The fourth-order valence-electron chi connectivity index (χ4n) is 4.73. The van der Waals surface area contributed by atoms with E-state index in [-0.39, 0.29) is 30.2 Å². The van der Waals surface area contributed by atoms with E-state index in [4.69, 9.17) is 14.0 Å². The molecular weight excluding hydrogens is 440 g/mol. The lowest BCUT2D eigenvalue weighted by Gasteiger charge is -2.32. The zero-order valence-electron chi connectivity index (χ0n) is 20.8. The largest absolute Gasteiger partial charge is 0.444 e. The zero-order valence-corrected chi connectivity index (χ0v) is 20.8. The first-order valence-corrected chi connectivity index (χ1v) is 12.5. The molecule has 0 unspecified atom stereocenters. The molecule has 2 bridgehead atoms. The lowest BCUT2D eigenvalue weighted by Crippen LogP contribution is -2.45. The lowest BCUT2D eigenvalue weighted by molar-refractivity contribution is -0.130. The lowest BCUT2D eigenvalue weighted by atomic mass is 10.0. The van der Waals surface area contributed by atoms with Crippen molar-refractivity contribution in [1.82, 2.24) is 30.4 Å². The average molecular weight is 479 g/mol. The molecule has 3 aliphatic rings. The summed E-state index contributed by atoms with van der Waals surface area (Å²) in [5, 5.41) is 13.0. The number of likely N-dealkylation sites (tertiary alicyclic amines) is 1. The summed E-state index contributed by atoms with van der Waals surface area (Å²) >= 11 is 0. The minimum absolute atomic E-state index is 0.0959. The van der Waals surface area contributed by atoms with Gasteiger partial charge < -0.3 is 19.4 Å². The molecule has 1 aromatic heterocycles. The van der Waals surface area contributed by atoms with E-state index in [0.717, 1.165) is 51.6 Å². The highest BCUT2D eigenvalue weighted by atomic mass is 16.7. The molecule has 3 aliphatic heterocycles. The molecule has 1 N–H and O–H groups in total. The summed E-state index contributed by atoms with van der Waals surface area (Å²) in [5.74, 6) is 1.05. The second kappa shape index (κ2) is 10.5. The van der Waals surface area contributed by atoms with Crippen molar-refractivity contribution in [1.29, 1.82) is 0 Å². The van der Waals surface area contributed by atoms with Crippen LogP contribution in [0.25, 0.3) is 0 Å². The number of ether oxygens (including phenoxy) is 1. The summed E-state index contributed by atoms with van der Waals surface area (Å²) in [6.07, 6.45) is 4.90. The van der Waals surface area contributed by atoms with Crippen LogP contribution in [0.2, 0.25) is 0 Å². The fraction of sp³-hybridized carbons (Fsp3) is 0.826. The third-order valence-corrected chi connectivity index (χ3v) is 6.49. The number of rotatable bonds is 8. The van der Waals surface area contributed by atoms with Gasteiger partial charge in [-0.15, -0.1) is 10.2 Å². The number of alkyl carbamates (subject to hydrolysis) is 1. The zero-order chi connectivity index (χ0) is 24.3. The molecule has 4 heterocycles. The first-order valence-electron chi connectivity index (χ1n) is 12.5. The van der Waals surface area contributed by atoms with Crippen LogP contribution >= 0.6 is 0 Å². The number of nitrogens with zero attached hydrogens (tertiary/aromatic N) is 5. The van der Waals surface area contributed by atoms with Crippen LogP contribution in [0.1, 0.15) is 84.0 Å². The van der Waals surface area contributed by atoms with E-state index < -0.39 is 5.60 Å². The Kier molecular flexibility index (Phi) is 7.61. The van der Waals surface area contributed by atoms with Crippen molar-refractivity contribution in [2.75, 3.05) is 26.2 Å². The van der Waals surface area contributed by atoms with Crippen molar-refractivity contribution >= 4 is 12.1 Å². The van der Waals surface area contributed by atoms with Crippen LogP contribution in [0, 0.1) is 0 Å². The van der Waals surface area contributed by atoms with Crippen LogP contribution < -0.4 is 5.32 Å². The molecule has 34 heavy (non-hydrogen) atoms. The van der Waals surface area contributed by atoms with E-state index in [1.807, 2.05) is 20.8 Å². The monoisotopic (exact) mass is 478 g/mol. The number of unbranched alkanes of at least 4 members (excludes halogenated alkanes) is 1. The molecule has 3 amide bonds. The number of urea groups is 1. The molecule has 0 aromatic carbocycles. The number of hydrogen-bond donors (Lipinski definition) is 1. The Bertz CT molecular complexity index is 847. The molecule has 11 heteroatoms. The van der Waals surface area contributed by atoms with E-state index in [0.29, 0.717) is 31.5 Å². The summed E-state index contributed by atoms with van der Waals surface area (Å²) in [4.78, 5) is 34.6. The van der Waals surface area contributed by atoms with Crippen molar-refractivity contribution in [2.24, 2.45) is 0 Å². The number of fused-ring (bicyclic) bond motifs is 2. The van der Waals surface area contributed by atoms with Gasteiger partial charge in [0.2, 0.25) is 11.8 Å². The van der Waals surface area contributed by atoms with E-state index in [2.05, 4.69) is 27.3 Å². The van der Waals surface area contributed by atoms with Crippen molar-refractivity contribution in [3.05, 3.63) is 11.8 Å². The van der Waals surface area contributed by atoms with Crippen LogP contribution in [0.15, 0.2) is 4.42 Å². The number of aromatic nitrogens is 2. The second-order valence-corrected chi connectivity index (χ2v) is 10.4. The highest BCUT2D eigenvalue weighted by molar-refractivity contribution is 5.77. The minimum atomic E-state index is -0.500. The molecule has 4 rings (SSSR count). The van der Waals surface area contributed by atoms with E-state index in [1.54, 1.807) is 9.96 Å². The van der Waals surface area contributed by atoms with Gasteiger partial charge in [0.25, 0.3) is 0 Å². The first kappa shape index (κ1) is 24.7. The van der Waals surface area contributed by atoms with Crippen LogP contribution in [0.4, 0.5) is 9.59 Å². The van der Waals surface area contributed by atoms with Gasteiger partial charge >= 0.3 is 12.1 Å². The highest BCUT2D eigenvalue weighted by Gasteiger charge is 2.47. The summed E-state index contributed by atoms with van der Waals surface area (Å²) < 4.78 is 11.3. The number of carbonyl (C=O) groups excluding carboxylic acids is 2. The van der Waals surface area contributed by atoms with Gasteiger partial charge in [-0.25, -0.2) is 9.59 Å². The quantitative estimate of drug-likeness (QED) is 0.567. The third kappa shape index (κ3) is 5.99. The Hall–Kier alpha value is -2.40. The molecule has 11 nitrogen and oxygen atoms in total. The Morgan fingerprint density at radius 1 is 1.18 bits per heavy atom.